The summed E-state index contributed by atoms with van der Waals surface area (Å²) in [7, 11) is 1.90. The van der Waals surface area contributed by atoms with Crippen LogP contribution in [0.1, 0.15) is 12.2 Å². The van der Waals surface area contributed by atoms with Gasteiger partial charge in [0.1, 0.15) is 11.7 Å². The van der Waals surface area contributed by atoms with Crippen LogP contribution >= 0.6 is 23.2 Å². The molecule has 2 heterocycles. The predicted octanol–water partition coefficient (Wildman–Crippen LogP) is 3.55. The van der Waals surface area contributed by atoms with Gasteiger partial charge in [-0.2, -0.15) is 0 Å². The number of imidazole rings is 1. The first-order valence-electron chi connectivity index (χ1n) is 8.90. The van der Waals surface area contributed by atoms with Crippen LogP contribution in [-0.4, -0.2) is 27.9 Å². The van der Waals surface area contributed by atoms with Crippen molar-refractivity contribution in [1.82, 2.24) is 14.9 Å². The lowest BCUT2D eigenvalue weighted by Crippen LogP contribution is -2.37. The maximum Gasteiger partial charge on any atom is 0.239 e. The number of nitrogens with zero attached hydrogens (tertiary/aromatic N) is 3. The maximum atomic E-state index is 12.8. The highest BCUT2D eigenvalue weighted by molar-refractivity contribution is 6.36. The van der Waals surface area contributed by atoms with Gasteiger partial charge in [-0.1, -0.05) is 35.3 Å². The minimum atomic E-state index is -0.746. The molecule has 1 unspecified atom stereocenters. The molecular weight excluding hydrogens is 399 g/mol. The van der Waals surface area contributed by atoms with Crippen LogP contribution in [0.25, 0.3) is 11.0 Å². The molecule has 28 heavy (non-hydrogen) atoms. The Morgan fingerprint density at radius 2 is 2.04 bits per heavy atom. The van der Waals surface area contributed by atoms with Gasteiger partial charge in [0, 0.05) is 18.6 Å². The van der Waals surface area contributed by atoms with E-state index in [2.05, 4.69) is 10.3 Å². The van der Waals surface area contributed by atoms with Gasteiger partial charge in [0.05, 0.1) is 28.3 Å². The number of fused-ring (bicyclic) bond motifs is 1. The van der Waals surface area contributed by atoms with Gasteiger partial charge in [-0.3, -0.25) is 9.59 Å². The third-order valence-electron chi connectivity index (χ3n) is 5.02. The molecule has 2 amide bonds. The van der Waals surface area contributed by atoms with E-state index in [0.29, 0.717) is 28.7 Å². The molecule has 1 aliphatic heterocycles. The second-order valence-electron chi connectivity index (χ2n) is 6.72. The van der Waals surface area contributed by atoms with Gasteiger partial charge >= 0.3 is 0 Å². The average molecular weight is 417 g/mol. The zero-order valence-corrected chi connectivity index (χ0v) is 16.7. The number of anilines is 1. The van der Waals surface area contributed by atoms with Gasteiger partial charge in [0.15, 0.2) is 0 Å². The number of carbonyl (C=O) groups is 2. The van der Waals surface area contributed by atoms with Crippen LogP contribution in [0.3, 0.4) is 0 Å². The van der Waals surface area contributed by atoms with Gasteiger partial charge in [-0.25, -0.2) is 4.98 Å². The zero-order chi connectivity index (χ0) is 19.8. The smallest absolute Gasteiger partial charge is 0.239 e. The fourth-order valence-electron chi connectivity index (χ4n) is 3.50. The quantitative estimate of drug-likeness (QED) is 0.661. The number of aryl methyl sites for hydroxylation is 1. The van der Waals surface area contributed by atoms with Crippen LogP contribution in [0.2, 0.25) is 10.0 Å². The number of aromatic nitrogens is 2. The van der Waals surface area contributed by atoms with Crippen LogP contribution in [0.5, 0.6) is 0 Å². The molecule has 1 atom stereocenters. The van der Waals surface area contributed by atoms with Crippen molar-refractivity contribution >= 4 is 51.7 Å². The molecule has 1 aliphatic rings. The van der Waals surface area contributed by atoms with Crippen molar-refractivity contribution in [2.75, 3.05) is 11.4 Å². The third kappa shape index (κ3) is 3.34. The van der Waals surface area contributed by atoms with Crippen molar-refractivity contribution in [1.29, 1.82) is 0 Å². The molecule has 0 radical (unpaired) electrons. The molecule has 0 spiro atoms. The number of hydrogen-bond donors (Lipinski definition) is 1. The Kier molecular flexibility index (Phi) is 5.00. The summed E-state index contributed by atoms with van der Waals surface area (Å²) in [5, 5.41) is 3.76. The molecule has 6 nitrogen and oxygen atoms in total. The Labute approximate surface area is 172 Å². The van der Waals surface area contributed by atoms with Crippen molar-refractivity contribution in [3.8, 4) is 0 Å². The number of benzene rings is 2. The van der Waals surface area contributed by atoms with Crippen LogP contribution in [0, 0.1) is 5.92 Å². The van der Waals surface area contributed by atoms with Gasteiger partial charge in [0.25, 0.3) is 0 Å². The maximum absolute atomic E-state index is 12.8. The Bertz CT molecular complexity index is 1080. The van der Waals surface area contributed by atoms with E-state index in [9.17, 15) is 9.59 Å². The minimum Gasteiger partial charge on any atom is -0.348 e. The first-order chi connectivity index (χ1) is 13.5. The van der Waals surface area contributed by atoms with E-state index in [1.54, 1.807) is 18.2 Å². The zero-order valence-electron chi connectivity index (χ0n) is 15.2. The summed E-state index contributed by atoms with van der Waals surface area (Å²) in [5.74, 6) is -0.594. The Hall–Kier alpha value is -2.57. The molecule has 8 heteroatoms. The summed E-state index contributed by atoms with van der Waals surface area (Å²) in [4.78, 5) is 31.5. The number of halogens is 2. The first-order valence-corrected chi connectivity index (χ1v) is 9.66. The van der Waals surface area contributed by atoms with Crippen LogP contribution in [0.15, 0.2) is 42.5 Å². The van der Waals surface area contributed by atoms with E-state index >= 15 is 0 Å². The summed E-state index contributed by atoms with van der Waals surface area (Å²) in [6.45, 7) is 0.676. The lowest BCUT2D eigenvalue weighted by Gasteiger charge is -2.18. The molecule has 2 aromatic carbocycles. The number of para-hydroxylation sites is 2. The Morgan fingerprint density at radius 1 is 1.25 bits per heavy atom. The highest BCUT2D eigenvalue weighted by Gasteiger charge is 2.38. The van der Waals surface area contributed by atoms with E-state index < -0.39 is 5.92 Å². The standard InChI is InChI=1S/C20H18Cl2N4O2/c1-25-16-5-3-2-4-15(16)24-18(25)11-23-19(27)13-8-9-26(20(13)28)17-10-12(21)6-7-14(17)22/h2-7,10,13H,8-9,11H2,1H3,(H,23,27). The fourth-order valence-corrected chi connectivity index (χ4v) is 3.88. The summed E-state index contributed by atoms with van der Waals surface area (Å²) in [6, 6.07) is 12.7. The SMILES string of the molecule is Cn1c(CNC(=O)C2CCN(c3cc(Cl)ccc3Cl)C2=O)nc2ccccc21. The first kappa shape index (κ1) is 18.8. The van der Waals surface area contributed by atoms with Crippen molar-refractivity contribution in [2.24, 2.45) is 13.0 Å². The van der Waals surface area contributed by atoms with Crippen LogP contribution in [0.4, 0.5) is 5.69 Å². The molecule has 144 valence electrons. The van der Waals surface area contributed by atoms with Gasteiger partial charge in [0.2, 0.25) is 11.8 Å². The fraction of sp³-hybridized carbons (Fsp3) is 0.250. The van der Waals surface area contributed by atoms with Gasteiger partial charge < -0.3 is 14.8 Å². The Balaban J connectivity index is 1.46. The largest absolute Gasteiger partial charge is 0.348 e. The molecule has 1 aromatic heterocycles. The molecule has 1 saturated heterocycles. The van der Waals surface area contributed by atoms with E-state index in [1.807, 2.05) is 35.9 Å². The third-order valence-corrected chi connectivity index (χ3v) is 5.58. The van der Waals surface area contributed by atoms with Crippen molar-refractivity contribution in [3.05, 3.63) is 58.3 Å². The predicted molar refractivity (Wildman–Crippen MR) is 109 cm³/mol. The monoisotopic (exact) mass is 416 g/mol. The molecule has 4 rings (SSSR count). The second kappa shape index (κ2) is 7.45. The summed E-state index contributed by atoms with van der Waals surface area (Å²) >= 11 is 12.2. The molecule has 3 aromatic rings. The Morgan fingerprint density at radius 3 is 2.82 bits per heavy atom. The number of amides is 2. The van der Waals surface area contributed by atoms with Crippen LogP contribution < -0.4 is 10.2 Å². The van der Waals surface area contributed by atoms with Crippen molar-refractivity contribution < 1.29 is 9.59 Å². The second-order valence-corrected chi connectivity index (χ2v) is 7.56. The highest BCUT2D eigenvalue weighted by atomic mass is 35.5. The average Bonchev–Trinajstić information content (AvgIpc) is 3.22. The number of nitrogens with one attached hydrogen (secondary N) is 1. The normalized spacial score (nSPS) is 16.8. The van der Waals surface area contributed by atoms with E-state index in [-0.39, 0.29) is 18.4 Å². The molecule has 0 bridgehead atoms. The molecule has 0 aliphatic carbocycles. The topological polar surface area (TPSA) is 67.2 Å². The lowest BCUT2D eigenvalue weighted by molar-refractivity contribution is -0.132. The molecular formula is C20H18Cl2N4O2. The summed E-state index contributed by atoms with van der Waals surface area (Å²) < 4.78 is 1.93. The number of hydrogen-bond acceptors (Lipinski definition) is 3. The number of carbonyl (C=O) groups excluding carboxylic acids is 2. The van der Waals surface area contributed by atoms with E-state index in [4.69, 9.17) is 23.2 Å². The van der Waals surface area contributed by atoms with E-state index in [1.165, 1.54) is 4.90 Å². The summed E-state index contributed by atoms with van der Waals surface area (Å²) in [5.41, 5.74) is 2.39. The van der Waals surface area contributed by atoms with Gasteiger partial charge in [-0.05, 0) is 36.8 Å². The molecule has 1 N–H and O–H groups in total. The molecule has 0 saturated carbocycles. The summed E-state index contributed by atoms with van der Waals surface area (Å²) in [6.07, 6.45) is 0.427. The molecule has 1 fully saturated rings. The highest BCUT2D eigenvalue weighted by Crippen LogP contribution is 2.33. The van der Waals surface area contributed by atoms with Crippen molar-refractivity contribution in [3.63, 3.8) is 0 Å². The van der Waals surface area contributed by atoms with Gasteiger partial charge in [-0.15, -0.1) is 0 Å². The lowest BCUT2D eigenvalue weighted by atomic mass is 10.1. The minimum absolute atomic E-state index is 0.256. The number of rotatable bonds is 4. The van der Waals surface area contributed by atoms with Crippen LogP contribution in [-0.2, 0) is 23.2 Å². The van der Waals surface area contributed by atoms with Crippen molar-refractivity contribution in [2.45, 2.75) is 13.0 Å². The van der Waals surface area contributed by atoms with E-state index in [0.717, 1.165) is 16.9 Å².